The number of nitrogens with one attached hydrogen (secondary N) is 2. The van der Waals surface area contributed by atoms with Gasteiger partial charge < -0.3 is 15.7 Å². The number of rotatable bonds is 8. The van der Waals surface area contributed by atoms with Crippen LogP contribution in [0.25, 0.3) is 11.1 Å². The van der Waals surface area contributed by atoms with Gasteiger partial charge >= 0.3 is 0 Å². The van der Waals surface area contributed by atoms with Crippen LogP contribution in [0.15, 0.2) is 53.2 Å². The Kier molecular flexibility index (Phi) is 7.53. The molecule has 1 heterocycles. The van der Waals surface area contributed by atoms with E-state index in [0.29, 0.717) is 5.56 Å². The molecule has 2 aromatic carbocycles. The molecule has 3 N–H and O–H groups in total. The van der Waals surface area contributed by atoms with E-state index in [4.69, 9.17) is 0 Å². The van der Waals surface area contributed by atoms with Gasteiger partial charge in [-0.2, -0.15) is 11.3 Å². The van der Waals surface area contributed by atoms with Gasteiger partial charge in [-0.25, -0.2) is 8.78 Å². The maximum absolute atomic E-state index is 13.6. The Morgan fingerprint density at radius 2 is 1.94 bits per heavy atom. The first-order valence-corrected chi connectivity index (χ1v) is 12.1. The molecule has 0 saturated heterocycles. The van der Waals surface area contributed by atoms with Crippen molar-refractivity contribution in [3.8, 4) is 11.1 Å². The molecule has 1 amide bonds. The summed E-state index contributed by atoms with van der Waals surface area (Å²) in [5.41, 5.74) is 5.30. The SMILES string of the molecule is CC(=O)N[C@@H](Cc1cc(F)cc(F)c1)[C@H](O)CNC1CCCc2ccc(-c3ccsc3)cc21. The summed E-state index contributed by atoms with van der Waals surface area (Å²) in [4.78, 5) is 11.7. The first kappa shape index (κ1) is 23.5. The fourth-order valence-electron chi connectivity index (χ4n) is 4.55. The van der Waals surface area contributed by atoms with E-state index in [2.05, 4.69) is 45.7 Å². The molecule has 1 aliphatic carbocycles. The summed E-state index contributed by atoms with van der Waals surface area (Å²) in [7, 11) is 0. The predicted molar refractivity (Wildman–Crippen MR) is 127 cm³/mol. The number of carbonyl (C=O) groups is 1. The van der Waals surface area contributed by atoms with E-state index in [1.165, 1.54) is 41.3 Å². The van der Waals surface area contributed by atoms with E-state index in [9.17, 15) is 18.7 Å². The molecule has 1 unspecified atom stereocenters. The lowest BCUT2D eigenvalue weighted by Gasteiger charge is -2.30. The second-order valence-electron chi connectivity index (χ2n) is 8.63. The van der Waals surface area contributed by atoms with Crippen molar-refractivity contribution in [1.82, 2.24) is 10.6 Å². The highest BCUT2D eigenvalue weighted by atomic mass is 32.1. The molecule has 0 fully saturated rings. The van der Waals surface area contributed by atoms with Gasteiger partial charge in [0.1, 0.15) is 11.6 Å². The van der Waals surface area contributed by atoms with Crippen LogP contribution in [0.1, 0.15) is 42.5 Å². The van der Waals surface area contributed by atoms with Crippen molar-refractivity contribution in [1.29, 1.82) is 0 Å². The van der Waals surface area contributed by atoms with Crippen molar-refractivity contribution in [2.24, 2.45) is 0 Å². The molecule has 3 atom stereocenters. The Morgan fingerprint density at radius 3 is 2.64 bits per heavy atom. The number of aliphatic hydroxyl groups is 1. The van der Waals surface area contributed by atoms with Crippen LogP contribution in [-0.4, -0.2) is 29.7 Å². The summed E-state index contributed by atoms with van der Waals surface area (Å²) in [5, 5.41) is 21.3. The molecule has 4 nitrogen and oxygen atoms in total. The third kappa shape index (κ3) is 6.05. The van der Waals surface area contributed by atoms with Crippen molar-refractivity contribution in [3.05, 3.63) is 81.5 Å². The fourth-order valence-corrected chi connectivity index (χ4v) is 5.22. The first-order chi connectivity index (χ1) is 15.9. The Morgan fingerprint density at radius 1 is 1.15 bits per heavy atom. The minimum Gasteiger partial charge on any atom is -0.390 e. The second-order valence-corrected chi connectivity index (χ2v) is 9.41. The fraction of sp³-hybridized carbons (Fsp3) is 0.346. The molecule has 3 aromatic rings. The Labute approximate surface area is 196 Å². The Bertz CT molecular complexity index is 1080. The lowest BCUT2D eigenvalue weighted by Crippen LogP contribution is -2.48. The van der Waals surface area contributed by atoms with Gasteiger partial charge in [-0.15, -0.1) is 0 Å². The van der Waals surface area contributed by atoms with Crippen LogP contribution in [0.4, 0.5) is 8.78 Å². The predicted octanol–water partition coefficient (Wildman–Crippen LogP) is 4.77. The maximum atomic E-state index is 13.6. The number of hydrogen-bond acceptors (Lipinski definition) is 4. The van der Waals surface area contributed by atoms with E-state index in [1.54, 1.807) is 11.3 Å². The molecule has 33 heavy (non-hydrogen) atoms. The molecule has 0 spiro atoms. The largest absolute Gasteiger partial charge is 0.390 e. The minimum atomic E-state index is -0.925. The first-order valence-electron chi connectivity index (χ1n) is 11.2. The number of aryl methyl sites for hydroxylation is 1. The van der Waals surface area contributed by atoms with E-state index in [-0.39, 0.29) is 24.9 Å². The van der Waals surface area contributed by atoms with Gasteiger partial charge in [-0.1, -0.05) is 12.1 Å². The molecule has 7 heteroatoms. The highest BCUT2D eigenvalue weighted by molar-refractivity contribution is 7.08. The van der Waals surface area contributed by atoms with Crippen molar-refractivity contribution < 1.29 is 18.7 Å². The van der Waals surface area contributed by atoms with Crippen LogP contribution in [0, 0.1) is 11.6 Å². The van der Waals surface area contributed by atoms with Gasteiger partial charge in [0.25, 0.3) is 0 Å². The van der Waals surface area contributed by atoms with Crippen LogP contribution in [0.5, 0.6) is 0 Å². The zero-order chi connectivity index (χ0) is 23.4. The van der Waals surface area contributed by atoms with Gasteiger partial charge in [0.05, 0.1) is 12.1 Å². The number of halogens is 2. The molecule has 0 aliphatic heterocycles. The molecular formula is C26H28F2N2O2S. The number of fused-ring (bicyclic) bond motifs is 1. The summed E-state index contributed by atoms with van der Waals surface area (Å²) < 4.78 is 27.2. The Balaban J connectivity index is 1.47. The normalized spacial score (nSPS) is 17.3. The molecule has 4 rings (SSSR count). The summed E-state index contributed by atoms with van der Waals surface area (Å²) >= 11 is 1.67. The molecule has 174 valence electrons. The van der Waals surface area contributed by atoms with E-state index in [0.717, 1.165) is 25.3 Å². The average molecular weight is 471 g/mol. The maximum Gasteiger partial charge on any atom is 0.217 e. The number of benzene rings is 2. The highest BCUT2D eigenvalue weighted by Crippen LogP contribution is 2.34. The third-order valence-corrected chi connectivity index (χ3v) is 6.80. The standard InChI is InChI=1S/C26H28F2N2O2S/c1-16(31)30-25(11-17-9-21(27)13-22(28)10-17)26(32)14-29-24-4-2-3-18-5-6-19(12-23(18)24)20-7-8-33-15-20/h5-10,12-13,15,24-26,29,32H,2-4,11,14H2,1H3,(H,30,31)/t24?,25-,26+/m0/s1. The highest BCUT2D eigenvalue weighted by Gasteiger charge is 2.25. The van der Waals surface area contributed by atoms with Crippen LogP contribution in [-0.2, 0) is 17.6 Å². The minimum absolute atomic E-state index is 0.0894. The lowest BCUT2D eigenvalue weighted by molar-refractivity contribution is -0.120. The summed E-state index contributed by atoms with van der Waals surface area (Å²) in [5.74, 6) is -1.67. The van der Waals surface area contributed by atoms with Crippen molar-refractivity contribution >= 4 is 17.2 Å². The van der Waals surface area contributed by atoms with E-state index < -0.39 is 23.8 Å². The molecule has 0 radical (unpaired) electrons. The van der Waals surface area contributed by atoms with Gasteiger partial charge in [0.15, 0.2) is 0 Å². The smallest absolute Gasteiger partial charge is 0.217 e. The second kappa shape index (κ2) is 10.5. The van der Waals surface area contributed by atoms with Crippen LogP contribution >= 0.6 is 11.3 Å². The Hall–Kier alpha value is -2.61. The quantitative estimate of drug-likeness (QED) is 0.445. The number of hydrogen-bond donors (Lipinski definition) is 3. The van der Waals surface area contributed by atoms with E-state index >= 15 is 0 Å². The van der Waals surface area contributed by atoms with Crippen LogP contribution < -0.4 is 10.6 Å². The van der Waals surface area contributed by atoms with Crippen molar-refractivity contribution in [2.75, 3.05) is 6.54 Å². The summed E-state index contributed by atoms with van der Waals surface area (Å²) in [6.45, 7) is 1.61. The number of thiophene rings is 1. The summed E-state index contributed by atoms with van der Waals surface area (Å²) in [6.07, 6.45) is 2.23. The zero-order valence-corrected chi connectivity index (χ0v) is 19.3. The summed E-state index contributed by atoms with van der Waals surface area (Å²) in [6, 6.07) is 11.3. The molecule has 1 aromatic heterocycles. The third-order valence-electron chi connectivity index (χ3n) is 6.12. The zero-order valence-electron chi connectivity index (χ0n) is 18.5. The van der Waals surface area contributed by atoms with Crippen LogP contribution in [0.3, 0.4) is 0 Å². The number of amides is 1. The van der Waals surface area contributed by atoms with Crippen molar-refractivity contribution in [3.63, 3.8) is 0 Å². The molecular weight excluding hydrogens is 442 g/mol. The van der Waals surface area contributed by atoms with E-state index in [1.807, 2.05) is 0 Å². The van der Waals surface area contributed by atoms with Gasteiger partial charge in [-0.3, -0.25) is 4.79 Å². The number of aliphatic hydroxyl groups excluding tert-OH is 1. The van der Waals surface area contributed by atoms with Crippen molar-refractivity contribution in [2.45, 2.75) is 50.8 Å². The van der Waals surface area contributed by atoms with Gasteiger partial charge in [-0.05, 0) is 88.5 Å². The molecule has 0 saturated carbocycles. The topological polar surface area (TPSA) is 61.4 Å². The van der Waals surface area contributed by atoms with Crippen LogP contribution in [0.2, 0.25) is 0 Å². The molecule has 1 aliphatic rings. The number of carbonyl (C=O) groups excluding carboxylic acids is 1. The van der Waals surface area contributed by atoms with Gasteiger partial charge in [0, 0.05) is 25.6 Å². The van der Waals surface area contributed by atoms with Gasteiger partial charge in [0.2, 0.25) is 5.91 Å². The average Bonchev–Trinajstić information content (AvgIpc) is 3.30. The molecule has 0 bridgehead atoms. The monoisotopic (exact) mass is 470 g/mol. The lowest BCUT2D eigenvalue weighted by atomic mass is 9.85.